The van der Waals surface area contributed by atoms with E-state index in [1.54, 1.807) is 17.0 Å². The first-order chi connectivity index (χ1) is 12.6. The maximum Gasteiger partial charge on any atom is 0.254 e. The Morgan fingerprint density at radius 3 is 2.00 bits per heavy atom. The summed E-state index contributed by atoms with van der Waals surface area (Å²) in [4.78, 5) is 26.8. The SMILES string of the molecule is COc1cc(C(=O)N2CCC(C(=O)NC3CC3)CC2)cc(OC)c1OC. The number of nitrogens with zero attached hydrogens (tertiary/aromatic N) is 1. The fraction of sp³-hybridized carbons (Fsp3) is 0.579. The van der Waals surface area contributed by atoms with E-state index in [0.717, 1.165) is 12.8 Å². The van der Waals surface area contributed by atoms with Gasteiger partial charge in [0.25, 0.3) is 5.91 Å². The molecule has 2 fully saturated rings. The minimum Gasteiger partial charge on any atom is -0.493 e. The monoisotopic (exact) mass is 362 g/mol. The molecule has 1 saturated carbocycles. The molecular formula is C19H26N2O5. The molecule has 3 rings (SSSR count). The van der Waals surface area contributed by atoms with Crippen LogP contribution in [0, 0.1) is 5.92 Å². The Morgan fingerprint density at radius 2 is 1.54 bits per heavy atom. The summed E-state index contributed by atoms with van der Waals surface area (Å²) in [7, 11) is 4.57. The Morgan fingerprint density at radius 1 is 0.962 bits per heavy atom. The molecule has 142 valence electrons. The quantitative estimate of drug-likeness (QED) is 0.836. The molecule has 1 aliphatic heterocycles. The number of ether oxygens (including phenoxy) is 3. The number of benzene rings is 1. The first-order valence-electron chi connectivity index (χ1n) is 8.97. The van der Waals surface area contributed by atoms with E-state index in [-0.39, 0.29) is 17.7 Å². The topological polar surface area (TPSA) is 77.1 Å². The largest absolute Gasteiger partial charge is 0.493 e. The lowest BCUT2D eigenvalue weighted by atomic mass is 9.95. The molecule has 7 heteroatoms. The summed E-state index contributed by atoms with van der Waals surface area (Å²) < 4.78 is 15.9. The number of likely N-dealkylation sites (tertiary alicyclic amines) is 1. The Bertz CT molecular complexity index is 654. The van der Waals surface area contributed by atoms with Crippen molar-refractivity contribution in [1.82, 2.24) is 10.2 Å². The summed E-state index contributed by atoms with van der Waals surface area (Å²) in [6, 6.07) is 3.70. The number of methoxy groups -OCH3 is 3. The van der Waals surface area contributed by atoms with Crippen molar-refractivity contribution < 1.29 is 23.8 Å². The molecule has 1 aromatic rings. The van der Waals surface area contributed by atoms with Gasteiger partial charge in [-0.3, -0.25) is 9.59 Å². The molecular weight excluding hydrogens is 336 g/mol. The molecule has 0 bridgehead atoms. The summed E-state index contributed by atoms with van der Waals surface area (Å²) in [5.41, 5.74) is 0.486. The summed E-state index contributed by atoms with van der Waals surface area (Å²) in [6.45, 7) is 1.14. The Kier molecular flexibility index (Phi) is 5.54. The van der Waals surface area contributed by atoms with E-state index in [9.17, 15) is 9.59 Å². The molecule has 1 N–H and O–H groups in total. The number of hydrogen-bond donors (Lipinski definition) is 1. The molecule has 2 aliphatic rings. The van der Waals surface area contributed by atoms with Crippen LogP contribution in [0.4, 0.5) is 0 Å². The zero-order chi connectivity index (χ0) is 18.7. The lowest BCUT2D eigenvalue weighted by molar-refractivity contribution is -0.126. The minimum absolute atomic E-state index is 0.000380. The van der Waals surface area contributed by atoms with Gasteiger partial charge in [0, 0.05) is 30.6 Å². The second-order valence-corrected chi connectivity index (χ2v) is 6.76. The molecule has 26 heavy (non-hydrogen) atoms. The summed E-state index contributed by atoms with van der Waals surface area (Å²) in [5.74, 6) is 1.40. The molecule has 7 nitrogen and oxygen atoms in total. The van der Waals surface area contributed by atoms with E-state index in [2.05, 4.69) is 5.32 Å². The predicted molar refractivity (Wildman–Crippen MR) is 95.9 cm³/mol. The van der Waals surface area contributed by atoms with Gasteiger partial charge in [-0.1, -0.05) is 0 Å². The van der Waals surface area contributed by atoms with E-state index in [4.69, 9.17) is 14.2 Å². The number of piperidine rings is 1. The van der Waals surface area contributed by atoms with Crippen molar-refractivity contribution in [1.29, 1.82) is 0 Å². The molecule has 1 heterocycles. The highest BCUT2D eigenvalue weighted by Gasteiger charge is 2.31. The van der Waals surface area contributed by atoms with Crippen LogP contribution in [0.1, 0.15) is 36.0 Å². The Hall–Kier alpha value is -2.44. The second-order valence-electron chi connectivity index (χ2n) is 6.76. The fourth-order valence-corrected chi connectivity index (χ4v) is 3.28. The molecule has 0 unspecified atom stereocenters. The van der Waals surface area contributed by atoms with Gasteiger partial charge in [0.1, 0.15) is 0 Å². The average molecular weight is 362 g/mol. The Labute approximate surface area is 153 Å². The van der Waals surface area contributed by atoms with Crippen molar-refractivity contribution in [3.05, 3.63) is 17.7 Å². The van der Waals surface area contributed by atoms with Crippen LogP contribution in [0.25, 0.3) is 0 Å². The molecule has 0 aromatic heterocycles. The molecule has 0 atom stereocenters. The number of carbonyl (C=O) groups is 2. The van der Waals surface area contributed by atoms with Crippen LogP contribution >= 0.6 is 0 Å². The molecule has 1 aliphatic carbocycles. The maximum atomic E-state index is 12.9. The normalized spacial score (nSPS) is 17.6. The van der Waals surface area contributed by atoms with Crippen molar-refractivity contribution in [2.45, 2.75) is 31.7 Å². The minimum atomic E-state index is -0.0923. The molecule has 0 radical (unpaired) electrons. The van der Waals surface area contributed by atoms with E-state index < -0.39 is 0 Å². The second kappa shape index (κ2) is 7.85. The third kappa shape index (κ3) is 3.86. The van der Waals surface area contributed by atoms with Gasteiger partial charge in [-0.2, -0.15) is 0 Å². The third-order valence-electron chi connectivity index (χ3n) is 4.99. The van der Waals surface area contributed by atoms with Gasteiger partial charge in [0.15, 0.2) is 11.5 Å². The summed E-state index contributed by atoms with van der Waals surface area (Å²) in [5, 5.41) is 3.05. The van der Waals surface area contributed by atoms with Crippen LogP contribution in [0.2, 0.25) is 0 Å². The van der Waals surface area contributed by atoms with E-state index in [1.807, 2.05) is 0 Å². The van der Waals surface area contributed by atoms with Gasteiger partial charge in [0.2, 0.25) is 11.7 Å². The predicted octanol–water partition coefficient (Wildman–Crippen LogP) is 1.84. The zero-order valence-electron chi connectivity index (χ0n) is 15.5. The van der Waals surface area contributed by atoms with Crippen molar-refractivity contribution in [2.75, 3.05) is 34.4 Å². The lowest BCUT2D eigenvalue weighted by Crippen LogP contribution is -2.43. The first-order valence-corrected chi connectivity index (χ1v) is 8.97. The number of nitrogens with one attached hydrogen (secondary N) is 1. The first kappa shape index (κ1) is 18.4. The standard InChI is InChI=1S/C19H26N2O5/c1-24-15-10-13(11-16(25-2)17(15)26-3)19(23)21-8-6-12(7-9-21)18(22)20-14-4-5-14/h10-12,14H,4-9H2,1-3H3,(H,20,22). The number of hydrogen-bond acceptors (Lipinski definition) is 5. The third-order valence-corrected chi connectivity index (χ3v) is 4.99. The number of carbonyl (C=O) groups excluding carboxylic acids is 2. The van der Waals surface area contributed by atoms with Gasteiger partial charge in [0.05, 0.1) is 21.3 Å². The van der Waals surface area contributed by atoms with Gasteiger partial charge in [-0.15, -0.1) is 0 Å². The molecule has 0 spiro atoms. The summed E-state index contributed by atoms with van der Waals surface area (Å²) >= 11 is 0. The van der Waals surface area contributed by atoms with Crippen molar-refractivity contribution in [3.63, 3.8) is 0 Å². The van der Waals surface area contributed by atoms with Crippen LogP contribution in [-0.4, -0.2) is 57.2 Å². The molecule has 1 saturated heterocycles. The van der Waals surface area contributed by atoms with Crippen molar-refractivity contribution >= 4 is 11.8 Å². The van der Waals surface area contributed by atoms with Crippen LogP contribution in [-0.2, 0) is 4.79 Å². The van der Waals surface area contributed by atoms with Gasteiger partial charge in [-0.05, 0) is 37.8 Å². The van der Waals surface area contributed by atoms with Gasteiger partial charge in [-0.25, -0.2) is 0 Å². The smallest absolute Gasteiger partial charge is 0.254 e. The fourth-order valence-electron chi connectivity index (χ4n) is 3.28. The van der Waals surface area contributed by atoms with Crippen LogP contribution in [0.3, 0.4) is 0 Å². The van der Waals surface area contributed by atoms with E-state index in [0.29, 0.717) is 54.8 Å². The number of rotatable bonds is 6. The van der Waals surface area contributed by atoms with Crippen molar-refractivity contribution in [3.8, 4) is 17.2 Å². The van der Waals surface area contributed by atoms with E-state index in [1.165, 1.54) is 21.3 Å². The van der Waals surface area contributed by atoms with Crippen LogP contribution in [0.5, 0.6) is 17.2 Å². The van der Waals surface area contributed by atoms with Gasteiger partial charge >= 0.3 is 0 Å². The van der Waals surface area contributed by atoms with Crippen molar-refractivity contribution in [2.24, 2.45) is 5.92 Å². The average Bonchev–Trinajstić information content (AvgIpc) is 3.50. The van der Waals surface area contributed by atoms with E-state index >= 15 is 0 Å². The highest BCUT2D eigenvalue weighted by Crippen LogP contribution is 2.38. The maximum absolute atomic E-state index is 12.9. The van der Waals surface area contributed by atoms with Crippen LogP contribution in [0.15, 0.2) is 12.1 Å². The lowest BCUT2D eigenvalue weighted by Gasteiger charge is -2.31. The summed E-state index contributed by atoms with van der Waals surface area (Å²) in [6.07, 6.45) is 3.55. The molecule has 2 amide bonds. The highest BCUT2D eigenvalue weighted by atomic mass is 16.5. The zero-order valence-corrected chi connectivity index (χ0v) is 15.5. The Balaban J connectivity index is 1.67. The van der Waals surface area contributed by atoms with Crippen LogP contribution < -0.4 is 19.5 Å². The highest BCUT2D eigenvalue weighted by molar-refractivity contribution is 5.96. The van der Waals surface area contributed by atoms with Gasteiger partial charge < -0.3 is 24.4 Å². The molecule has 1 aromatic carbocycles. The number of amides is 2.